The molecule has 1 aromatic carbocycles. The van der Waals surface area contributed by atoms with Crippen molar-refractivity contribution in [3.63, 3.8) is 0 Å². The summed E-state index contributed by atoms with van der Waals surface area (Å²) >= 11 is 0. The van der Waals surface area contributed by atoms with Crippen molar-refractivity contribution in [1.82, 2.24) is 0 Å². The fourth-order valence-corrected chi connectivity index (χ4v) is 1.44. The Bertz CT molecular complexity index is 383. The minimum atomic E-state index is 0.0139. The van der Waals surface area contributed by atoms with Crippen LogP contribution in [0.1, 0.15) is 26.7 Å². The molecule has 0 atom stereocenters. The molecule has 0 heterocycles. The molecule has 1 aliphatic carbocycles. The highest BCUT2D eigenvalue weighted by molar-refractivity contribution is 5.92. The maximum Gasteiger partial charge on any atom is 0.226 e. The Morgan fingerprint density at radius 1 is 1.31 bits per heavy atom. The number of carbonyl (C=O) groups is 1. The highest BCUT2D eigenvalue weighted by atomic mass is 16.1. The maximum atomic E-state index is 11.5. The second-order valence-corrected chi connectivity index (χ2v) is 4.64. The van der Waals surface area contributed by atoms with Gasteiger partial charge in [0.25, 0.3) is 0 Å². The largest absolute Gasteiger partial charge is 0.382 e. The predicted octanol–water partition coefficient (Wildman–Crippen LogP) is 2.86. The van der Waals surface area contributed by atoms with Gasteiger partial charge in [-0.2, -0.15) is 0 Å². The molecule has 0 spiro atoms. The molecule has 1 fully saturated rings. The van der Waals surface area contributed by atoms with Gasteiger partial charge in [0.15, 0.2) is 0 Å². The van der Waals surface area contributed by atoms with E-state index in [2.05, 4.69) is 10.6 Å². The van der Waals surface area contributed by atoms with Crippen LogP contribution in [0.2, 0.25) is 0 Å². The topological polar surface area (TPSA) is 41.1 Å². The van der Waals surface area contributed by atoms with Crippen molar-refractivity contribution >= 4 is 17.3 Å². The first kappa shape index (κ1) is 11.0. The zero-order valence-electron chi connectivity index (χ0n) is 9.79. The smallest absolute Gasteiger partial charge is 0.226 e. The molecular formula is C13H18N2O. The van der Waals surface area contributed by atoms with Crippen LogP contribution in [-0.4, -0.2) is 11.9 Å². The number of anilines is 2. The Morgan fingerprint density at radius 2 is 2.00 bits per heavy atom. The third kappa shape index (κ3) is 2.99. The van der Waals surface area contributed by atoms with Crippen molar-refractivity contribution in [2.24, 2.45) is 5.92 Å². The van der Waals surface area contributed by atoms with Gasteiger partial charge < -0.3 is 10.6 Å². The van der Waals surface area contributed by atoms with E-state index < -0.39 is 0 Å². The molecule has 86 valence electrons. The van der Waals surface area contributed by atoms with Crippen molar-refractivity contribution in [1.29, 1.82) is 0 Å². The molecule has 0 aromatic heterocycles. The molecule has 3 nitrogen and oxygen atoms in total. The second-order valence-electron chi connectivity index (χ2n) is 4.64. The van der Waals surface area contributed by atoms with Crippen LogP contribution in [0.3, 0.4) is 0 Å². The summed E-state index contributed by atoms with van der Waals surface area (Å²) in [6.07, 6.45) is 2.51. The molecule has 0 saturated heterocycles. The van der Waals surface area contributed by atoms with Gasteiger partial charge in [0.2, 0.25) is 5.91 Å². The lowest BCUT2D eigenvalue weighted by atomic mass is 10.2. The van der Waals surface area contributed by atoms with E-state index in [0.717, 1.165) is 11.4 Å². The molecule has 2 rings (SSSR count). The van der Waals surface area contributed by atoms with Crippen molar-refractivity contribution in [2.75, 3.05) is 10.6 Å². The summed E-state index contributed by atoms with van der Waals surface area (Å²) in [6, 6.07) is 8.53. The Hall–Kier alpha value is -1.51. The lowest BCUT2D eigenvalue weighted by Gasteiger charge is -2.10. The fraction of sp³-hybridized carbons (Fsp3) is 0.462. The van der Waals surface area contributed by atoms with Crippen molar-refractivity contribution in [3.05, 3.63) is 24.3 Å². The van der Waals surface area contributed by atoms with Crippen LogP contribution in [0.4, 0.5) is 11.4 Å². The van der Waals surface area contributed by atoms with Crippen LogP contribution in [0.25, 0.3) is 0 Å². The van der Waals surface area contributed by atoms with Gasteiger partial charge in [-0.05, 0) is 31.0 Å². The first-order chi connectivity index (χ1) is 7.65. The summed E-state index contributed by atoms with van der Waals surface area (Å²) in [6.45, 7) is 3.78. The summed E-state index contributed by atoms with van der Waals surface area (Å²) in [5.74, 6) is 0.0728. The van der Waals surface area contributed by atoms with E-state index in [4.69, 9.17) is 0 Å². The van der Waals surface area contributed by atoms with Gasteiger partial charge in [0.1, 0.15) is 0 Å². The van der Waals surface area contributed by atoms with E-state index in [0.29, 0.717) is 6.04 Å². The number of rotatable bonds is 4. The number of hydrogen-bond donors (Lipinski definition) is 2. The highest BCUT2D eigenvalue weighted by Gasteiger charge is 2.20. The molecule has 1 aliphatic rings. The van der Waals surface area contributed by atoms with Gasteiger partial charge >= 0.3 is 0 Å². The van der Waals surface area contributed by atoms with E-state index in [1.54, 1.807) is 0 Å². The van der Waals surface area contributed by atoms with E-state index in [9.17, 15) is 4.79 Å². The average molecular weight is 218 g/mol. The van der Waals surface area contributed by atoms with Crippen molar-refractivity contribution in [3.8, 4) is 0 Å². The van der Waals surface area contributed by atoms with E-state index in [1.807, 2.05) is 38.1 Å². The molecule has 0 bridgehead atoms. The molecule has 1 amide bonds. The lowest BCUT2D eigenvalue weighted by Crippen LogP contribution is -2.17. The summed E-state index contributed by atoms with van der Waals surface area (Å²) in [5, 5.41) is 6.30. The molecule has 1 saturated carbocycles. The van der Waals surface area contributed by atoms with Gasteiger partial charge in [0.05, 0.1) is 0 Å². The van der Waals surface area contributed by atoms with Crippen LogP contribution in [0.5, 0.6) is 0 Å². The molecule has 0 radical (unpaired) electrons. The third-order valence-electron chi connectivity index (χ3n) is 2.60. The Kier molecular flexibility index (Phi) is 3.13. The summed E-state index contributed by atoms with van der Waals surface area (Å²) in [7, 11) is 0. The molecule has 0 aliphatic heterocycles. The van der Waals surface area contributed by atoms with Crippen LogP contribution < -0.4 is 10.6 Å². The number of hydrogen-bond acceptors (Lipinski definition) is 2. The molecule has 1 aromatic rings. The molecule has 0 unspecified atom stereocenters. The minimum Gasteiger partial charge on any atom is -0.382 e. The van der Waals surface area contributed by atoms with E-state index in [-0.39, 0.29) is 11.8 Å². The number of carbonyl (C=O) groups excluding carboxylic acids is 1. The van der Waals surface area contributed by atoms with Gasteiger partial charge in [-0.1, -0.05) is 19.9 Å². The standard InChI is InChI=1S/C13H18N2O/c1-9(2)13(16)15-12-5-3-4-11(8-12)14-10-6-7-10/h3-5,8-10,14H,6-7H2,1-2H3,(H,15,16). The van der Waals surface area contributed by atoms with Crippen LogP contribution in [0.15, 0.2) is 24.3 Å². The molecular weight excluding hydrogens is 200 g/mol. The lowest BCUT2D eigenvalue weighted by molar-refractivity contribution is -0.118. The van der Waals surface area contributed by atoms with Gasteiger partial charge in [-0.25, -0.2) is 0 Å². The molecule has 2 N–H and O–H groups in total. The number of nitrogens with one attached hydrogen (secondary N) is 2. The predicted molar refractivity (Wildman–Crippen MR) is 66.6 cm³/mol. The van der Waals surface area contributed by atoms with Gasteiger partial charge in [0, 0.05) is 23.3 Å². The quantitative estimate of drug-likeness (QED) is 0.816. The maximum absolute atomic E-state index is 11.5. The third-order valence-corrected chi connectivity index (χ3v) is 2.60. The monoisotopic (exact) mass is 218 g/mol. The number of benzene rings is 1. The van der Waals surface area contributed by atoms with E-state index in [1.165, 1.54) is 12.8 Å². The van der Waals surface area contributed by atoms with Crippen molar-refractivity contribution < 1.29 is 4.79 Å². The van der Waals surface area contributed by atoms with Gasteiger partial charge in [-0.15, -0.1) is 0 Å². The van der Waals surface area contributed by atoms with E-state index >= 15 is 0 Å². The van der Waals surface area contributed by atoms with Crippen LogP contribution in [0, 0.1) is 5.92 Å². The second kappa shape index (κ2) is 4.56. The normalized spacial score (nSPS) is 14.9. The Balaban J connectivity index is 2.00. The Morgan fingerprint density at radius 3 is 2.62 bits per heavy atom. The summed E-state index contributed by atoms with van der Waals surface area (Å²) in [4.78, 5) is 11.5. The van der Waals surface area contributed by atoms with Crippen LogP contribution >= 0.6 is 0 Å². The molecule has 16 heavy (non-hydrogen) atoms. The SMILES string of the molecule is CC(C)C(=O)Nc1cccc(NC2CC2)c1. The molecule has 3 heteroatoms. The van der Waals surface area contributed by atoms with Crippen LogP contribution in [-0.2, 0) is 4.79 Å². The summed E-state index contributed by atoms with van der Waals surface area (Å²) < 4.78 is 0. The minimum absolute atomic E-state index is 0.0139. The fourth-order valence-electron chi connectivity index (χ4n) is 1.44. The zero-order valence-corrected chi connectivity index (χ0v) is 9.79. The van der Waals surface area contributed by atoms with Crippen molar-refractivity contribution in [2.45, 2.75) is 32.7 Å². The summed E-state index contributed by atoms with van der Waals surface area (Å²) in [5.41, 5.74) is 1.95. The first-order valence-electron chi connectivity index (χ1n) is 5.82. The van der Waals surface area contributed by atoms with Gasteiger partial charge in [-0.3, -0.25) is 4.79 Å². The Labute approximate surface area is 96.2 Å². The highest BCUT2D eigenvalue weighted by Crippen LogP contribution is 2.26. The first-order valence-corrected chi connectivity index (χ1v) is 5.82. The number of amides is 1. The average Bonchev–Trinajstić information content (AvgIpc) is 3.02. The zero-order chi connectivity index (χ0) is 11.5.